The van der Waals surface area contributed by atoms with Gasteiger partial charge in [0.15, 0.2) is 11.5 Å². The molecule has 1 N–H and O–H groups in total. The molecule has 36 heavy (non-hydrogen) atoms. The summed E-state index contributed by atoms with van der Waals surface area (Å²) >= 11 is 5.56. The number of rotatable bonds is 8. The van der Waals surface area contributed by atoms with Crippen LogP contribution in [-0.4, -0.2) is 34.1 Å². The van der Waals surface area contributed by atoms with E-state index in [1.165, 1.54) is 16.8 Å². The summed E-state index contributed by atoms with van der Waals surface area (Å²) in [5.74, 6) is 0.647. The minimum Gasteiger partial charge on any atom is -0.493 e. The average molecular weight is 662 g/mol. The Labute approximate surface area is 228 Å². The number of hydrogen-bond acceptors (Lipinski definition) is 6. The normalized spacial score (nSPS) is 11.2. The lowest BCUT2D eigenvalue weighted by Gasteiger charge is -2.14. The molecule has 0 aliphatic carbocycles. The largest absolute Gasteiger partial charge is 0.493 e. The second-order valence-corrected chi connectivity index (χ2v) is 9.81. The zero-order chi connectivity index (χ0) is 25.8. The number of halogens is 2. The number of carboxylic acids is 1. The molecule has 0 aliphatic rings. The third-order valence-electron chi connectivity index (χ3n) is 5.35. The molecule has 3 aromatic carbocycles. The van der Waals surface area contributed by atoms with Gasteiger partial charge < -0.3 is 14.6 Å². The SMILES string of the molecule is CCc1nc2ccc(Br)cc2c(=O)n1N=Cc1cc(I)c(OCc2ccc(C(=O)O)cc2)c(OC)c1. The van der Waals surface area contributed by atoms with Crippen LogP contribution in [0.2, 0.25) is 0 Å². The second kappa shape index (κ2) is 11.2. The molecule has 0 saturated carbocycles. The topological polar surface area (TPSA) is 103 Å². The lowest BCUT2D eigenvalue weighted by molar-refractivity contribution is 0.0697. The third-order valence-corrected chi connectivity index (χ3v) is 6.64. The zero-order valence-corrected chi connectivity index (χ0v) is 23.1. The van der Waals surface area contributed by atoms with Crippen LogP contribution in [0, 0.1) is 3.57 Å². The van der Waals surface area contributed by atoms with Gasteiger partial charge in [0.1, 0.15) is 12.4 Å². The first kappa shape index (κ1) is 25.8. The molecule has 1 aromatic heterocycles. The number of aryl methyl sites for hydroxylation is 1. The van der Waals surface area contributed by atoms with E-state index < -0.39 is 5.97 Å². The highest BCUT2D eigenvalue weighted by Gasteiger charge is 2.13. The van der Waals surface area contributed by atoms with E-state index >= 15 is 0 Å². The number of methoxy groups -OCH3 is 1. The summed E-state index contributed by atoms with van der Waals surface area (Å²) in [6, 6.07) is 15.5. The number of carboxylic acid groups (broad SMARTS) is 1. The van der Waals surface area contributed by atoms with Crippen molar-refractivity contribution in [2.24, 2.45) is 5.10 Å². The van der Waals surface area contributed by atoms with Crippen LogP contribution >= 0.6 is 38.5 Å². The van der Waals surface area contributed by atoms with Crippen LogP contribution in [0.1, 0.15) is 34.2 Å². The molecular weight excluding hydrogens is 641 g/mol. The fourth-order valence-electron chi connectivity index (χ4n) is 3.52. The van der Waals surface area contributed by atoms with Crippen molar-refractivity contribution in [1.29, 1.82) is 0 Å². The molecule has 0 fully saturated rings. The molecular formula is C26H21BrIN3O5. The van der Waals surface area contributed by atoms with Gasteiger partial charge in [0.05, 0.1) is 33.4 Å². The Balaban J connectivity index is 1.62. The first-order chi connectivity index (χ1) is 17.3. The molecule has 8 nitrogen and oxygen atoms in total. The van der Waals surface area contributed by atoms with Gasteiger partial charge >= 0.3 is 5.97 Å². The molecule has 0 saturated heterocycles. The van der Waals surface area contributed by atoms with E-state index in [9.17, 15) is 9.59 Å². The summed E-state index contributed by atoms with van der Waals surface area (Å²) in [7, 11) is 1.55. The standard InChI is InChI=1S/C26H21BrIN3O5/c1-3-23-30-21-9-8-18(27)12-19(21)25(32)31(23)29-13-16-10-20(28)24(22(11-16)35-2)36-14-15-4-6-17(7-5-15)26(33)34/h4-13H,3,14H2,1-2H3,(H,33,34). The van der Waals surface area contributed by atoms with E-state index in [-0.39, 0.29) is 17.7 Å². The maximum absolute atomic E-state index is 13.1. The van der Waals surface area contributed by atoms with Crippen molar-refractivity contribution in [3.63, 3.8) is 0 Å². The molecule has 1 heterocycles. The molecule has 4 rings (SSSR count). The monoisotopic (exact) mass is 661 g/mol. The Hall–Kier alpha value is -3.25. The van der Waals surface area contributed by atoms with Crippen molar-refractivity contribution >= 4 is 61.6 Å². The van der Waals surface area contributed by atoms with Crippen molar-refractivity contribution in [1.82, 2.24) is 9.66 Å². The number of hydrogen-bond donors (Lipinski definition) is 1. The quantitative estimate of drug-likeness (QED) is 0.198. The second-order valence-electron chi connectivity index (χ2n) is 7.73. The first-order valence-electron chi connectivity index (χ1n) is 10.9. The van der Waals surface area contributed by atoms with Crippen LogP contribution in [0.4, 0.5) is 0 Å². The van der Waals surface area contributed by atoms with Gasteiger partial charge in [-0.05, 0) is 76.2 Å². The maximum atomic E-state index is 13.1. The number of benzene rings is 3. The zero-order valence-electron chi connectivity index (χ0n) is 19.4. The van der Waals surface area contributed by atoms with Gasteiger partial charge in [-0.2, -0.15) is 9.78 Å². The molecule has 0 aliphatic heterocycles. The highest BCUT2D eigenvalue weighted by Crippen LogP contribution is 2.34. The molecule has 0 spiro atoms. The minimum absolute atomic E-state index is 0.217. The summed E-state index contributed by atoms with van der Waals surface area (Å²) < 4.78 is 14.4. The van der Waals surface area contributed by atoms with E-state index in [0.29, 0.717) is 34.6 Å². The average Bonchev–Trinajstić information content (AvgIpc) is 2.87. The van der Waals surface area contributed by atoms with Crippen LogP contribution in [-0.2, 0) is 13.0 Å². The minimum atomic E-state index is -0.975. The summed E-state index contributed by atoms with van der Waals surface area (Å²) in [6.45, 7) is 2.17. The third kappa shape index (κ3) is 5.59. The molecule has 0 radical (unpaired) electrons. The predicted octanol–water partition coefficient (Wildman–Crippen LogP) is 5.49. The number of carbonyl (C=O) groups is 1. The lowest BCUT2D eigenvalue weighted by atomic mass is 10.1. The maximum Gasteiger partial charge on any atom is 0.335 e. The number of fused-ring (bicyclic) bond motifs is 1. The molecule has 0 amide bonds. The Morgan fingerprint density at radius 2 is 1.94 bits per heavy atom. The summed E-state index contributed by atoms with van der Waals surface area (Å²) in [5.41, 5.74) is 2.14. The van der Waals surface area contributed by atoms with Gasteiger partial charge in [-0.15, -0.1) is 0 Å². The van der Waals surface area contributed by atoms with Gasteiger partial charge in [-0.3, -0.25) is 4.79 Å². The molecule has 184 valence electrons. The molecule has 0 bridgehead atoms. The number of aromatic carboxylic acids is 1. The summed E-state index contributed by atoms with van der Waals surface area (Å²) in [4.78, 5) is 28.7. The number of ether oxygens (including phenoxy) is 2. The van der Waals surface area contributed by atoms with Crippen molar-refractivity contribution < 1.29 is 19.4 Å². The van der Waals surface area contributed by atoms with Gasteiger partial charge in [-0.1, -0.05) is 35.0 Å². The van der Waals surface area contributed by atoms with E-state index in [1.807, 2.05) is 19.1 Å². The van der Waals surface area contributed by atoms with Crippen molar-refractivity contribution in [2.75, 3.05) is 7.11 Å². The van der Waals surface area contributed by atoms with Crippen molar-refractivity contribution in [3.8, 4) is 11.5 Å². The molecule has 10 heteroatoms. The van der Waals surface area contributed by atoms with Crippen LogP contribution in [0.15, 0.2) is 69.0 Å². The molecule has 4 aromatic rings. The van der Waals surface area contributed by atoms with Gasteiger partial charge in [0, 0.05) is 10.9 Å². The van der Waals surface area contributed by atoms with Crippen LogP contribution < -0.4 is 15.0 Å². The fourth-order valence-corrected chi connectivity index (χ4v) is 4.66. The smallest absolute Gasteiger partial charge is 0.335 e. The predicted molar refractivity (Wildman–Crippen MR) is 150 cm³/mol. The Morgan fingerprint density at radius 1 is 1.19 bits per heavy atom. The fraction of sp³-hybridized carbons (Fsp3) is 0.154. The van der Waals surface area contributed by atoms with Crippen LogP contribution in [0.5, 0.6) is 11.5 Å². The highest BCUT2D eigenvalue weighted by atomic mass is 127. The van der Waals surface area contributed by atoms with Crippen LogP contribution in [0.3, 0.4) is 0 Å². The highest BCUT2D eigenvalue weighted by molar-refractivity contribution is 14.1. The summed E-state index contributed by atoms with van der Waals surface area (Å²) in [5, 5.41) is 14.0. The molecule has 0 unspecified atom stereocenters. The van der Waals surface area contributed by atoms with E-state index in [2.05, 4.69) is 48.6 Å². The number of aromatic nitrogens is 2. The van der Waals surface area contributed by atoms with Crippen LogP contribution in [0.25, 0.3) is 10.9 Å². The molecule has 0 atom stereocenters. The first-order valence-corrected chi connectivity index (χ1v) is 12.8. The van der Waals surface area contributed by atoms with E-state index in [4.69, 9.17) is 14.6 Å². The summed E-state index contributed by atoms with van der Waals surface area (Å²) in [6.07, 6.45) is 2.13. The van der Waals surface area contributed by atoms with E-state index in [1.54, 1.807) is 43.7 Å². The Bertz CT molecular complexity index is 1530. The Kier molecular flexibility index (Phi) is 8.04. The van der Waals surface area contributed by atoms with Gasteiger partial charge in [0.2, 0.25) is 0 Å². The lowest BCUT2D eigenvalue weighted by Crippen LogP contribution is -2.22. The van der Waals surface area contributed by atoms with Crippen molar-refractivity contribution in [2.45, 2.75) is 20.0 Å². The van der Waals surface area contributed by atoms with Gasteiger partial charge in [-0.25, -0.2) is 9.78 Å². The van der Waals surface area contributed by atoms with Crippen molar-refractivity contribution in [3.05, 3.63) is 95.5 Å². The Morgan fingerprint density at radius 3 is 2.61 bits per heavy atom. The van der Waals surface area contributed by atoms with Gasteiger partial charge in [0.25, 0.3) is 5.56 Å². The van der Waals surface area contributed by atoms with E-state index in [0.717, 1.165) is 19.2 Å². The number of nitrogens with zero attached hydrogens (tertiary/aromatic N) is 3.